The fourth-order valence-electron chi connectivity index (χ4n) is 1.47. The Hall–Kier alpha value is -1.45. The van der Waals surface area contributed by atoms with Gasteiger partial charge in [-0.15, -0.1) is 0 Å². The number of aldehydes is 1. The molecule has 2 aromatic rings. The first-order chi connectivity index (χ1) is 8.13. The summed E-state index contributed by atoms with van der Waals surface area (Å²) < 4.78 is 13.1. The molecule has 0 N–H and O–H groups in total. The Labute approximate surface area is 107 Å². The van der Waals surface area contributed by atoms with Crippen molar-refractivity contribution < 1.29 is 9.18 Å². The van der Waals surface area contributed by atoms with Gasteiger partial charge in [-0.1, -0.05) is 35.3 Å². The summed E-state index contributed by atoms with van der Waals surface area (Å²) in [6.07, 6.45) is 1.53. The molecule has 17 heavy (non-hydrogen) atoms. The number of rotatable bonds is 2. The molecule has 0 aliphatic rings. The fourth-order valence-corrected chi connectivity index (χ4v) is 1.87. The number of hydrogen-bond acceptors (Lipinski definition) is 2. The summed E-state index contributed by atoms with van der Waals surface area (Å²) in [5, 5.41) is 0.606. The van der Waals surface area contributed by atoms with Crippen molar-refractivity contribution in [1.29, 1.82) is 0 Å². The molecule has 2 rings (SSSR count). The first-order valence-electron chi connectivity index (χ1n) is 4.68. The lowest BCUT2D eigenvalue weighted by molar-refractivity contribution is 0.111. The third-order valence-electron chi connectivity index (χ3n) is 2.24. The van der Waals surface area contributed by atoms with Crippen LogP contribution in [0, 0.1) is 5.82 Å². The van der Waals surface area contributed by atoms with Crippen molar-refractivity contribution >= 4 is 29.5 Å². The minimum Gasteiger partial charge on any atom is -0.296 e. The van der Waals surface area contributed by atoms with Crippen LogP contribution in [0.4, 0.5) is 4.39 Å². The third-order valence-corrected chi connectivity index (χ3v) is 3.06. The average molecular weight is 270 g/mol. The van der Waals surface area contributed by atoms with Crippen LogP contribution in [0.15, 0.2) is 30.5 Å². The smallest absolute Gasteiger partial charge is 0.169 e. The molecule has 1 heterocycles. The van der Waals surface area contributed by atoms with Crippen molar-refractivity contribution in [2.24, 2.45) is 0 Å². The summed E-state index contributed by atoms with van der Waals surface area (Å²) in [6, 6.07) is 6.13. The second-order valence-electron chi connectivity index (χ2n) is 3.31. The number of pyridine rings is 1. The van der Waals surface area contributed by atoms with Crippen molar-refractivity contribution in [3.8, 4) is 11.1 Å². The Balaban J connectivity index is 2.71. The van der Waals surface area contributed by atoms with Gasteiger partial charge in [-0.3, -0.25) is 4.79 Å². The molecule has 5 heteroatoms. The van der Waals surface area contributed by atoms with E-state index in [0.717, 1.165) is 6.20 Å². The molecule has 0 bridgehead atoms. The van der Waals surface area contributed by atoms with Gasteiger partial charge >= 0.3 is 0 Å². The van der Waals surface area contributed by atoms with Gasteiger partial charge in [-0.2, -0.15) is 0 Å². The van der Waals surface area contributed by atoms with Gasteiger partial charge in [0.2, 0.25) is 0 Å². The summed E-state index contributed by atoms with van der Waals surface area (Å²) in [7, 11) is 0. The van der Waals surface area contributed by atoms with E-state index in [2.05, 4.69) is 4.98 Å². The maximum absolute atomic E-state index is 13.1. The molecule has 0 saturated carbocycles. The number of carbonyl (C=O) groups excluding carboxylic acids is 1. The van der Waals surface area contributed by atoms with Crippen molar-refractivity contribution in [3.63, 3.8) is 0 Å². The first kappa shape index (κ1) is 12.0. The molecule has 86 valence electrons. The lowest BCUT2D eigenvalue weighted by atomic mass is 10.0. The highest BCUT2D eigenvalue weighted by Gasteiger charge is 2.12. The molecule has 0 fully saturated rings. The van der Waals surface area contributed by atoms with Gasteiger partial charge in [0.05, 0.1) is 16.2 Å². The molecule has 2 nitrogen and oxygen atoms in total. The summed E-state index contributed by atoms with van der Waals surface area (Å²) in [4.78, 5) is 14.5. The van der Waals surface area contributed by atoms with Crippen LogP contribution in [0.1, 0.15) is 10.5 Å². The number of nitrogens with zero attached hydrogens (tertiary/aromatic N) is 1. The molecule has 1 aromatic heterocycles. The maximum atomic E-state index is 13.1. The molecular formula is C12H6Cl2FNO. The van der Waals surface area contributed by atoms with Crippen LogP contribution >= 0.6 is 23.2 Å². The van der Waals surface area contributed by atoms with Gasteiger partial charge in [-0.05, 0) is 12.1 Å². The molecule has 1 aromatic carbocycles. The monoisotopic (exact) mass is 269 g/mol. The third kappa shape index (κ3) is 2.30. The summed E-state index contributed by atoms with van der Waals surface area (Å²) in [5.74, 6) is -0.540. The van der Waals surface area contributed by atoms with Gasteiger partial charge in [0, 0.05) is 11.1 Å². The van der Waals surface area contributed by atoms with Gasteiger partial charge in [-0.25, -0.2) is 9.37 Å². The van der Waals surface area contributed by atoms with Gasteiger partial charge < -0.3 is 0 Å². The highest BCUT2D eigenvalue weighted by molar-refractivity contribution is 6.43. The summed E-state index contributed by atoms with van der Waals surface area (Å²) >= 11 is 11.9. The Bertz CT molecular complexity index is 587. The highest BCUT2D eigenvalue weighted by atomic mass is 35.5. The van der Waals surface area contributed by atoms with Crippen LogP contribution < -0.4 is 0 Å². The molecular weight excluding hydrogens is 264 g/mol. The predicted molar refractivity (Wildman–Crippen MR) is 65.0 cm³/mol. The summed E-state index contributed by atoms with van der Waals surface area (Å²) in [6.45, 7) is 0. The van der Waals surface area contributed by atoms with E-state index in [1.165, 1.54) is 6.07 Å². The Morgan fingerprint density at radius 3 is 2.71 bits per heavy atom. The zero-order valence-electron chi connectivity index (χ0n) is 8.45. The number of benzene rings is 1. The number of carbonyl (C=O) groups is 1. The number of halogens is 3. The van der Waals surface area contributed by atoms with Gasteiger partial charge in [0.15, 0.2) is 6.29 Å². The van der Waals surface area contributed by atoms with E-state index in [1.807, 2.05) is 0 Å². The minimum atomic E-state index is -0.540. The lowest BCUT2D eigenvalue weighted by Gasteiger charge is -2.07. The molecule has 0 radical (unpaired) electrons. The normalized spacial score (nSPS) is 10.3. The quantitative estimate of drug-likeness (QED) is 0.772. The second-order valence-corrected chi connectivity index (χ2v) is 4.09. The first-order valence-corrected chi connectivity index (χ1v) is 5.44. The van der Waals surface area contributed by atoms with Crippen LogP contribution in [-0.2, 0) is 0 Å². The zero-order valence-corrected chi connectivity index (χ0v) is 9.97. The summed E-state index contributed by atoms with van der Waals surface area (Å²) in [5.41, 5.74) is 0.927. The Kier molecular flexibility index (Phi) is 3.41. The van der Waals surface area contributed by atoms with Crippen LogP contribution in [0.5, 0.6) is 0 Å². The van der Waals surface area contributed by atoms with Crippen LogP contribution in [0.25, 0.3) is 11.1 Å². The van der Waals surface area contributed by atoms with E-state index in [-0.39, 0.29) is 10.7 Å². The van der Waals surface area contributed by atoms with E-state index in [4.69, 9.17) is 23.2 Å². The maximum Gasteiger partial charge on any atom is 0.169 e. The zero-order chi connectivity index (χ0) is 12.4. The average Bonchev–Trinajstić information content (AvgIpc) is 2.33. The molecule has 0 aliphatic carbocycles. The van der Waals surface area contributed by atoms with E-state index in [0.29, 0.717) is 22.4 Å². The second kappa shape index (κ2) is 4.82. The molecule has 0 aliphatic heterocycles. The van der Waals surface area contributed by atoms with E-state index in [9.17, 15) is 9.18 Å². The number of hydrogen-bond donors (Lipinski definition) is 0. The molecule has 0 atom stereocenters. The van der Waals surface area contributed by atoms with Crippen LogP contribution in [0.3, 0.4) is 0 Å². The number of aromatic nitrogens is 1. The molecule has 0 spiro atoms. The largest absolute Gasteiger partial charge is 0.296 e. The van der Waals surface area contributed by atoms with Crippen molar-refractivity contribution in [2.45, 2.75) is 0 Å². The minimum absolute atomic E-state index is 0.121. The molecule has 0 amide bonds. The predicted octanol–water partition coefficient (Wildman–Crippen LogP) is 4.01. The SMILES string of the molecule is O=Cc1ncc(F)cc1-c1cccc(Cl)c1Cl. The Morgan fingerprint density at radius 2 is 2.00 bits per heavy atom. The van der Waals surface area contributed by atoms with E-state index in [1.54, 1.807) is 18.2 Å². The van der Waals surface area contributed by atoms with Crippen molar-refractivity contribution in [1.82, 2.24) is 4.98 Å². The van der Waals surface area contributed by atoms with Crippen molar-refractivity contribution in [2.75, 3.05) is 0 Å². The fraction of sp³-hybridized carbons (Fsp3) is 0. The van der Waals surface area contributed by atoms with E-state index < -0.39 is 5.82 Å². The van der Waals surface area contributed by atoms with Gasteiger partial charge in [0.1, 0.15) is 11.5 Å². The highest BCUT2D eigenvalue weighted by Crippen LogP contribution is 2.34. The molecule has 0 saturated heterocycles. The van der Waals surface area contributed by atoms with E-state index >= 15 is 0 Å². The Morgan fingerprint density at radius 1 is 1.24 bits per heavy atom. The van der Waals surface area contributed by atoms with Crippen LogP contribution in [-0.4, -0.2) is 11.3 Å². The van der Waals surface area contributed by atoms with Crippen LogP contribution in [0.2, 0.25) is 10.0 Å². The standard InChI is InChI=1S/C12H6Cl2FNO/c13-10-3-1-2-8(12(10)14)9-4-7(15)5-16-11(9)6-17/h1-6H. The lowest BCUT2D eigenvalue weighted by Crippen LogP contribution is -1.94. The molecule has 0 unspecified atom stereocenters. The van der Waals surface area contributed by atoms with Gasteiger partial charge in [0.25, 0.3) is 0 Å². The topological polar surface area (TPSA) is 30.0 Å². The van der Waals surface area contributed by atoms with Crippen molar-refractivity contribution in [3.05, 3.63) is 52.0 Å².